The average molecular weight is 286 g/mol. The molecule has 2 aromatic rings. The van der Waals surface area contributed by atoms with Crippen molar-refractivity contribution in [1.29, 1.82) is 0 Å². The van der Waals surface area contributed by atoms with E-state index in [9.17, 15) is 17.6 Å². The van der Waals surface area contributed by atoms with Crippen LogP contribution in [0.5, 0.6) is 11.6 Å². The summed E-state index contributed by atoms with van der Waals surface area (Å²) < 4.78 is 58.1. The molecule has 2 rings (SSSR count). The molecule has 0 aliphatic carbocycles. The van der Waals surface area contributed by atoms with Crippen LogP contribution < -0.4 is 10.1 Å². The third-order valence-electron chi connectivity index (χ3n) is 2.36. The molecule has 0 fully saturated rings. The van der Waals surface area contributed by atoms with Crippen LogP contribution in [0.25, 0.3) is 0 Å². The summed E-state index contributed by atoms with van der Waals surface area (Å²) in [6.07, 6.45) is 0. The largest absolute Gasteiger partial charge is 0.433 e. The highest BCUT2D eigenvalue weighted by molar-refractivity contribution is 5.41. The Hall–Kier alpha value is -2.31. The van der Waals surface area contributed by atoms with Crippen molar-refractivity contribution in [3.8, 4) is 11.6 Å². The summed E-state index contributed by atoms with van der Waals surface area (Å²) in [7, 11) is 0. The van der Waals surface area contributed by atoms with Gasteiger partial charge in [-0.2, -0.15) is 9.37 Å². The number of hydrogen-bond donors (Lipinski definition) is 1. The first kappa shape index (κ1) is 14.1. The molecular weight excluding hydrogens is 276 g/mol. The monoisotopic (exact) mass is 286 g/mol. The van der Waals surface area contributed by atoms with Gasteiger partial charge in [-0.05, 0) is 19.1 Å². The van der Waals surface area contributed by atoms with Gasteiger partial charge in [-0.15, -0.1) is 0 Å². The Morgan fingerprint density at radius 2 is 1.85 bits per heavy atom. The summed E-state index contributed by atoms with van der Waals surface area (Å²) in [5.74, 6) is -5.86. The molecule has 0 atom stereocenters. The molecular formula is C13H10F4N2O. The lowest BCUT2D eigenvalue weighted by Gasteiger charge is -2.10. The van der Waals surface area contributed by atoms with Crippen LogP contribution in [-0.4, -0.2) is 11.5 Å². The number of ether oxygens (including phenoxy) is 1. The van der Waals surface area contributed by atoms with Gasteiger partial charge in [-0.25, -0.2) is 13.2 Å². The van der Waals surface area contributed by atoms with E-state index in [2.05, 4.69) is 10.3 Å². The Morgan fingerprint density at radius 3 is 2.55 bits per heavy atom. The minimum absolute atomic E-state index is 0.235. The van der Waals surface area contributed by atoms with E-state index < -0.39 is 34.9 Å². The van der Waals surface area contributed by atoms with E-state index in [0.717, 1.165) is 12.1 Å². The number of rotatable bonds is 4. The van der Waals surface area contributed by atoms with E-state index in [1.54, 1.807) is 6.92 Å². The van der Waals surface area contributed by atoms with Crippen LogP contribution in [0.1, 0.15) is 6.92 Å². The molecule has 0 spiro atoms. The van der Waals surface area contributed by atoms with E-state index >= 15 is 0 Å². The van der Waals surface area contributed by atoms with Crippen LogP contribution in [-0.2, 0) is 0 Å². The van der Waals surface area contributed by atoms with Gasteiger partial charge >= 0.3 is 0 Å². The average Bonchev–Trinajstić information content (AvgIpc) is 2.40. The summed E-state index contributed by atoms with van der Waals surface area (Å²) >= 11 is 0. The lowest BCUT2D eigenvalue weighted by Crippen LogP contribution is -2.05. The fraction of sp³-hybridized carbons (Fsp3) is 0.154. The van der Waals surface area contributed by atoms with Crippen molar-refractivity contribution < 1.29 is 22.3 Å². The smallest absolute Gasteiger partial charge is 0.258 e. The van der Waals surface area contributed by atoms with Gasteiger partial charge < -0.3 is 10.1 Å². The van der Waals surface area contributed by atoms with Crippen LogP contribution in [0.3, 0.4) is 0 Å². The van der Waals surface area contributed by atoms with Crippen LogP contribution in [0, 0.1) is 23.3 Å². The van der Waals surface area contributed by atoms with Crippen LogP contribution >= 0.6 is 0 Å². The van der Waals surface area contributed by atoms with Crippen LogP contribution in [0.4, 0.5) is 23.4 Å². The topological polar surface area (TPSA) is 34.2 Å². The molecule has 1 heterocycles. The van der Waals surface area contributed by atoms with E-state index in [0.29, 0.717) is 12.6 Å². The normalized spacial score (nSPS) is 10.4. The lowest BCUT2D eigenvalue weighted by atomic mass is 10.3. The SMILES string of the molecule is CCNc1nc(Oc2cccc(F)c2F)c(F)cc1F. The third kappa shape index (κ3) is 2.81. The second kappa shape index (κ2) is 5.77. The van der Waals surface area contributed by atoms with Crippen molar-refractivity contribution in [1.82, 2.24) is 4.98 Å². The minimum Gasteiger partial charge on any atom is -0.433 e. The molecule has 0 saturated carbocycles. The van der Waals surface area contributed by atoms with Gasteiger partial charge in [0.25, 0.3) is 5.88 Å². The van der Waals surface area contributed by atoms with Crippen molar-refractivity contribution in [2.24, 2.45) is 0 Å². The molecule has 7 heteroatoms. The second-order valence-corrected chi connectivity index (χ2v) is 3.79. The number of anilines is 1. The van der Waals surface area contributed by atoms with E-state index in [-0.39, 0.29) is 5.82 Å². The number of nitrogens with one attached hydrogen (secondary N) is 1. The number of pyridine rings is 1. The molecule has 1 aromatic carbocycles. The van der Waals surface area contributed by atoms with Gasteiger partial charge in [-0.1, -0.05) is 6.07 Å². The standard InChI is InChI=1S/C13H10F4N2O/c1-2-18-12-8(15)6-9(16)13(19-12)20-10-5-3-4-7(14)11(10)17/h3-6H,2H2,1H3,(H,18,19). The molecule has 106 valence electrons. The van der Waals surface area contributed by atoms with Gasteiger partial charge in [-0.3, -0.25) is 0 Å². The molecule has 20 heavy (non-hydrogen) atoms. The van der Waals surface area contributed by atoms with E-state index in [1.807, 2.05) is 0 Å². The lowest BCUT2D eigenvalue weighted by molar-refractivity contribution is 0.381. The van der Waals surface area contributed by atoms with Gasteiger partial charge in [0.15, 0.2) is 29.0 Å². The Kier molecular flexibility index (Phi) is 4.07. The number of nitrogens with zero attached hydrogens (tertiary/aromatic N) is 1. The molecule has 3 nitrogen and oxygen atoms in total. The van der Waals surface area contributed by atoms with Crippen molar-refractivity contribution in [3.05, 3.63) is 47.5 Å². The van der Waals surface area contributed by atoms with Gasteiger partial charge in [0, 0.05) is 12.6 Å². The molecule has 0 aliphatic heterocycles. The fourth-order valence-corrected chi connectivity index (χ4v) is 1.48. The first-order valence-electron chi connectivity index (χ1n) is 5.74. The Balaban J connectivity index is 2.38. The summed E-state index contributed by atoms with van der Waals surface area (Å²) in [6.45, 7) is 2.04. The summed E-state index contributed by atoms with van der Waals surface area (Å²) in [6, 6.07) is 3.74. The maximum Gasteiger partial charge on any atom is 0.258 e. The zero-order valence-corrected chi connectivity index (χ0v) is 10.4. The molecule has 0 unspecified atom stereocenters. The number of hydrogen-bond acceptors (Lipinski definition) is 3. The molecule has 0 radical (unpaired) electrons. The Labute approximate surface area is 112 Å². The summed E-state index contributed by atoms with van der Waals surface area (Å²) in [5.41, 5.74) is 0. The zero-order chi connectivity index (χ0) is 14.7. The van der Waals surface area contributed by atoms with Crippen molar-refractivity contribution in [3.63, 3.8) is 0 Å². The maximum absolute atomic E-state index is 13.5. The molecule has 0 amide bonds. The summed E-state index contributed by atoms with van der Waals surface area (Å²) in [5, 5.41) is 2.55. The predicted molar refractivity (Wildman–Crippen MR) is 64.7 cm³/mol. The van der Waals surface area contributed by atoms with Gasteiger partial charge in [0.2, 0.25) is 5.82 Å². The third-order valence-corrected chi connectivity index (χ3v) is 2.36. The number of halogens is 4. The first-order chi connectivity index (χ1) is 9.52. The van der Waals surface area contributed by atoms with Crippen LogP contribution in [0.15, 0.2) is 24.3 Å². The highest BCUT2D eigenvalue weighted by Crippen LogP contribution is 2.28. The molecule has 1 N–H and O–H groups in total. The Bertz CT molecular complexity index is 634. The van der Waals surface area contributed by atoms with Crippen molar-refractivity contribution in [2.45, 2.75) is 6.92 Å². The zero-order valence-electron chi connectivity index (χ0n) is 10.4. The van der Waals surface area contributed by atoms with E-state index in [4.69, 9.17) is 4.74 Å². The van der Waals surface area contributed by atoms with Gasteiger partial charge in [0.05, 0.1) is 0 Å². The quantitative estimate of drug-likeness (QED) is 0.866. The Morgan fingerprint density at radius 1 is 1.10 bits per heavy atom. The van der Waals surface area contributed by atoms with Crippen molar-refractivity contribution in [2.75, 3.05) is 11.9 Å². The molecule has 1 aromatic heterocycles. The highest BCUT2D eigenvalue weighted by atomic mass is 19.2. The molecule has 0 saturated heterocycles. The highest BCUT2D eigenvalue weighted by Gasteiger charge is 2.16. The molecule has 0 aliphatic rings. The molecule has 0 bridgehead atoms. The fourth-order valence-electron chi connectivity index (χ4n) is 1.48. The van der Waals surface area contributed by atoms with E-state index in [1.165, 1.54) is 6.07 Å². The van der Waals surface area contributed by atoms with Gasteiger partial charge in [0.1, 0.15) is 0 Å². The van der Waals surface area contributed by atoms with Crippen molar-refractivity contribution >= 4 is 5.82 Å². The predicted octanol–water partition coefficient (Wildman–Crippen LogP) is 3.86. The number of benzene rings is 1. The summed E-state index contributed by atoms with van der Waals surface area (Å²) in [4.78, 5) is 3.56. The second-order valence-electron chi connectivity index (χ2n) is 3.79. The van der Waals surface area contributed by atoms with Crippen LogP contribution in [0.2, 0.25) is 0 Å². The number of aromatic nitrogens is 1. The minimum atomic E-state index is -1.27. The first-order valence-corrected chi connectivity index (χ1v) is 5.74. The maximum atomic E-state index is 13.5.